The summed E-state index contributed by atoms with van der Waals surface area (Å²) in [5.74, 6) is -0.224. The first-order chi connectivity index (χ1) is 7.72. The molecule has 1 rings (SSSR count). The molecule has 88 valence electrons. The van der Waals surface area contributed by atoms with Crippen molar-refractivity contribution in [3.8, 4) is 0 Å². The monoisotopic (exact) mass is 220 g/mol. The molecule has 0 heterocycles. The normalized spacial score (nSPS) is 10.6. The molecular weight excluding hydrogens is 200 g/mol. The summed E-state index contributed by atoms with van der Waals surface area (Å²) in [6, 6.07) is 10.4. The molecule has 0 unspecified atom stereocenters. The van der Waals surface area contributed by atoms with E-state index in [0.29, 0.717) is 6.42 Å². The zero-order valence-corrected chi connectivity index (χ0v) is 9.86. The van der Waals surface area contributed by atoms with Crippen LogP contribution in [0, 0.1) is 0 Å². The largest absolute Gasteiger partial charge is 0.370 e. The summed E-state index contributed by atoms with van der Waals surface area (Å²) in [6.45, 7) is 4.80. The second-order valence-corrected chi connectivity index (χ2v) is 3.89. The minimum atomic E-state index is -0.224. The molecule has 0 saturated heterocycles. The molecule has 3 nitrogen and oxygen atoms in total. The van der Waals surface area contributed by atoms with E-state index < -0.39 is 0 Å². The SMILES string of the molecule is CCN(CCC(N)=O)CCc1ccccc1. The number of amides is 1. The van der Waals surface area contributed by atoms with E-state index in [-0.39, 0.29) is 5.91 Å². The van der Waals surface area contributed by atoms with Gasteiger partial charge in [0.25, 0.3) is 0 Å². The highest BCUT2D eigenvalue weighted by Crippen LogP contribution is 2.01. The second-order valence-electron chi connectivity index (χ2n) is 3.89. The van der Waals surface area contributed by atoms with Gasteiger partial charge in [0.15, 0.2) is 0 Å². The van der Waals surface area contributed by atoms with E-state index >= 15 is 0 Å². The molecule has 0 fully saturated rings. The number of primary amides is 1. The van der Waals surface area contributed by atoms with Crippen molar-refractivity contribution in [3.05, 3.63) is 35.9 Å². The molecule has 0 bridgehead atoms. The van der Waals surface area contributed by atoms with Crippen molar-refractivity contribution in [3.63, 3.8) is 0 Å². The highest BCUT2D eigenvalue weighted by atomic mass is 16.1. The first-order valence-electron chi connectivity index (χ1n) is 5.77. The van der Waals surface area contributed by atoms with Gasteiger partial charge in [0.2, 0.25) is 5.91 Å². The Morgan fingerprint density at radius 3 is 2.50 bits per heavy atom. The highest BCUT2D eigenvalue weighted by Gasteiger charge is 2.04. The third-order valence-corrected chi connectivity index (χ3v) is 2.68. The first kappa shape index (κ1) is 12.7. The van der Waals surface area contributed by atoms with Gasteiger partial charge in [0, 0.05) is 19.5 Å². The number of likely N-dealkylation sites (N-methyl/N-ethyl adjacent to an activating group) is 1. The van der Waals surface area contributed by atoms with Crippen LogP contribution in [-0.2, 0) is 11.2 Å². The quantitative estimate of drug-likeness (QED) is 0.755. The number of rotatable bonds is 7. The Balaban J connectivity index is 2.31. The van der Waals surface area contributed by atoms with Crippen LogP contribution in [0.1, 0.15) is 18.9 Å². The number of carbonyl (C=O) groups excluding carboxylic acids is 1. The van der Waals surface area contributed by atoms with Crippen LogP contribution in [0.15, 0.2) is 30.3 Å². The summed E-state index contributed by atoms with van der Waals surface area (Å²) < 4.78 is 0. The standard InChI is InChI=1S/C13H20N2O/c1-2-15(11-9-13(14)16)10-8-12-6-4-3-5-7-12/h3-7H,2,8-11H2,1H3,(H2,14,16). The Bertz CT molecular complexity index is 311. The van der Waals surface area contributed by atoms with Gasteiger partial charge in [-0.15, -0.1) is 0 Å². The van der Waals surface area contributed by atoms with Crippen LogP contribution in [0.3, 0.4) is 0 Å². The highest BCUT2D eigenvalue weighted by molar-refractivity contribution is 5.73. The van der Waals surface area contributed by atoms with Crippen LogP contribution in [0.4, 0.5) is 0 Å². The predicted molar refractivity (Wildman–Crippen MR) is 66.1 cm³/mol. The Morgan fingerprint density at radius 2 is 1.94 bits per heavy atom. The van der Waals surface area contributed by atoms with Gasteiger partial charge < -0.3 is 10.6 Å². The lowest BCUT2D eigenvalue weighted by molar-refractivity contribution is -0.118. The fraction of sp³-hybridized carbons (Fsp3) is 0.462. The van der Waals surface area contributed by atoms with Crippen molar-refractivity contribution >= 4 is 5.91 Å². The summed E-state index contributed by atoms with van der Waals surface area (Å²) in [4.78, 5) is 12.9. The number of benzene rings is 1. The molecule has 0 aromatic heterocycles. The molecule has 0 spiro atoms. The van der Waals surface area contributed by atoms with Gasteiger partial charge in [0.05, 0.1) is 0 Å². The van der Waals surface area contributed by atoms with Crippen molar-refractivity contribution in [2.75, 3.05) is 19.6 Å². The van der Waals surface area contributed by atoms with Crippen LogP contribution in [0.2, 0.25) is 0 Å². The molecule has 0 aliphatic carbocycles. The van der Waals surface area contributed by atoms with Crippen molar-refractivity contribution < 1.29 is 4.79 Å². The molecule has 0 atom stereocenters. The maximum absolute atomic E-state index is 10.7. The van der Waals surface area contributed by atoms with Crippen molar-refractivity contribution in [1.82, 2.24) is 4.90 Å². The minimum absolute atomic E-state index is 0.224. The molecule has 1 aromatic carbocycles. The maximum Gasteiger partial charge on any atom is 0.218 e. The fourth-order valence-corrected chi connectivity index (χ4v) is 1.63. The Labute approximate surface area is 97.2 Å². The molecule has 1 aromatic rings. The molecule has 0 aliphatic heterocycles. The van der Waals surface area contributed by atoms with Crippen LogP contribution in [0.25, 0.3) is 0 Å². The summed E-state index contributed by atoms with van der Waals surface area (Å²) in [5.41, 5.74) is 6.47. The fourth-order valence-electron chi connectivity index (χ4n) is 1.63. The van der Waals surface area contributed by atoms with Crippen LogP contribution < -0.4 is 5.73 Å². The van der Waals surface area contributed by atoms with E-state index in [9.17, 15) is 4.79 Å². The van der Waals surface area contributed by atoms with E-state index in [4.69, 9.17) is 5.73 Å². The van der Waals surface area contributed by atoms with Gasteiger partial charge >= 0.3 is 0 Å². The van der Waals surface area contributed by atoms with Crippen LogP contribution >= 0.6 is 0 Å². The van der Waals surface area contributed by atoms with E-state index in [1.165, 1.54) is 5.56 Å². The molecule has 1 amide bonds. The lowest BCUT2D eigenvalue weighted by atomic mass is 10.1. The van der Waals surface area contributed by atoms with Crippen LogP contribution in [-0.4, -0.2) is 30.4 Å². The third-order valence-electron chi connectivity index (χ3n) is 2.68. The summed E-state index contributed by atoms with van der Waals surface area (Å²) in [5, 5.41) is 0. The van der Waals surface area contributed by atoms with Gasteiger partial charge in [0.1, 0.15) is 0 Å². The Hall–Kier alpha value is -1.35. The lowest BCUT2D eigenvalue weighted by Crippen LogP contribution is -2.29. The first-order valence-corrected chi connectivity index (χ1v) is 5.77. The zero-order valence-electron chi connectivity index (χ0n) is 9.86. The lowest BCUT2D eigenvalue weighted by Gasteiger charge is -2.19. The average molecular weight is 220 g/mol. The van der Waals surface area contributed by atoms with Gasteiger partial charge in [-0.2, -0.15) is 0 Å². The summed E-state index contributed by atoms with van der Waals surface area (Å²) >= 11 is 0. The van der Waals surface area contributed by atoms with Gasteiger partial charge in [-0.05, 0) is 18.5 Å². The number of nitrogens with two attached hydrogens (primary N) is 1. The van der Waals surface area contributed by atoms with E-state index in [2.05, 4.69) is 36.1 Å². The zero-order chi connectivity index (χ0) is 11.8. The van der Waals surface area contributed by atoms with Crippen molar-refractivity contribution in [2.24, 2.45) is 5.73 Å². The van der Waals surface area contributed by atoms with Crippen molar-refractivity contribution in [2.45, 2.75) is 19.8 Å². The molecule has 16 heavy (non-hydrogen) atoms. The van der Waals surface area contributed by atoms with Gasteiger partial charge in [-0.25, -0.2) is 0 Å². The number of nitrogens with zero attached hydrogens (tertiary/aromatic N) is 1. The van der Waals surface area contributed by atoms with E-state index in [0.717, 1.165) is 26.1 Å². The third kappa shape index (κ3) is 4.94. The maximum atomic E-state index is 10.7. The summed E-state index contributed by atoms with van der Waals surface area (Å²) in [6.07, 6.45) is 1.47. The van der Waals surface area contributed by atoms with Crippen LogP contribution in [0.5, 0.6) is 0 Å². The van der Waals surface area contributed by atoms with E-state index in [1.54, 1.807) is 0 Å². The van der Waals surface area contributed by atoms with Gasteiger partial charge in [-0.3, -0.25) is 4.79 Å². The number of carbonyl (C=O) groups is 1. The molecule has 3 heteroatoms. The van der Waals surface area contributed by atoms with Gasteiger partial charge in [-0.1, -0.05) is 37.3 Å². The minimum Gasteiger partial charge on any atom is -0.370 e. The molecule has 2 N–H and O–H groups in total. The Kier molecular flexibility index (Phi) is 5.57. The molecule has 0 radical (unpaired) electrons. The second kappa shape index (κ2) is 7.01. The number of hydrogen-bond acceptors (Lipinski definition) is 2. The molecule has 0 saturated carbocycles. The van der Waals surface area contributed by atoms with Crippen molar-refractivity contribution in [1.29, 1.82) is 0 Å². The van der Waals surface area contributed by atoms with E-state index in [1.807, 2.05) is 6.07 Å². The molecular formula is C13H20N2O. The predicted octanol–water partition coefficient (Wildman–Crippen LogP) is 1.43. The topological polar surface area (TPSA) is 46.3 Å². The molecule has 0 aliphatic rings. The Morgan fingerprint density at radius 1 is 1.25 bits per heavy atom. The smallest absolute Gasteiger partial charge is 0.218 e. The summed E-state index contributed by atoms with van der Waals surface area (Å²) in [7, 11) is 0. The number of hydrogen-bond donors (Lipinski definition) is 1. The average Bonchev–Trinajstić information content (AvgIpc) is 2.30.